The van der Waals surface area contributed by atoms with Crippen LogP contribution in [0.5, 0.6) is 11.5 Å². The minimum absolute atomic E-state index is 0.252. The summed E-state index contributed by atoms with van der Waals surface area (Å²) in [7, 11) is 2.90. The highest BCUT2D eigenvalue weighted by Gasteiger charge is 2.33. The fourth-order valence-electron chi connectivity index (χ4n) is 4.67. The monoisotopic (exact) mass is 652 g/mol. The van der Waals surface area contributed by atoms with Crippen LogP contribution in [0.3, 0.4) is 0 Å². The van der Waals surface area contributed by atoms with E-state index in [4.69, 9.17) is 30.8 Å². The number of fused-ring (bicyclic) bond motifs is 1. The molecule has 0 N–H and O–H groups in total. The molecule has 1 atom stereocenters. The second-order valence-electron chi connectivity index (χ2n) is 9.15. The smallest absolute Gasteiger partial charge is 0.338 e. The molecule has 0 unspecified atom stereocenters. The lowest BCUT2D eigenvalue weighted by Crippen LogP contribution is -2.40. The Balaban J connectivity index is 1.58. The van der Waals surface area contributed by atoms with Gasteiger partial charge in [-0.15, -0.1) is 0 Å². The number of benzene rings is 3. The van der Waals surface area contributed by atoms with Gasteiger partial charge in [-0.1, -0.05) is 72.3 Å². The van der Waals surface area contributed by atoms with E-state index in [1.807, 2.05) is 73.7 Å². The van der Waals surface area contributed by atoms with E-state index in [1.165, 1.54) is 18.4 Å². The summed E-state index contributed by atoms with van der Waals surface area (Å²) in [4.78, 5) is 32.1. The van der Waals surface area contributed by atoms with Gasteiger partial charge < -0.3 is 14.2 Å². The third kappa shape index (κ3) is 5.88. The molecule has 1 aliphatic heterocycles. The second kappa shape index (κ2) is 12.5. The van der Waals surface area contributed by atoms with Crippen molar-refractivity contribution in [1.29, 1.82) is 0 Å². The lowest BCUT2D eigenvalue weighted by atomic mass is 9.95. The van der Waals surface area contributed by atoms with Crippen molar-refractivity contribution in [3.05, 3.63) is 124 Å². The molecule has 210 valence electrons. The molecule has 10 heteroatoms. The quantitative estimate of drug-likeness (QED) is 0.225. The molecule has 41 heavy (non-hydrogen) atoms. The zero-order valence-electron chi connectivity index (χ0n) is 22.5. The van der Waals surface area contributed by atoms with E-state index >= 15 is 0 Å². The standard InChI is InChI=1S/C31H26BrClN2O5S/c1-4-23-26(30(37)39-3)27(20-8-6-5-7-9-20)35-29(36)25(41-31(35)34-23)16-19-14-22(32)28(24(15-19)38-2)40-17-18-10-12-21(33)13-11-18/h5-16,27H,4,17H2,1-3H3/b25-16-/t27-/m0/s1. The van der Waals surface area contributed by atoms with Crippen molar-refractivity contribution < 1.29 is 19.0 Å². The normalized spacial score (nSPS) is 14.9. The molecule has 0 fully saturated rings. The summed E-state index contributed by atoms with van der Waals surface area (Å²) in [6.45, 7) is 2.25. The van der Waals surface area contributed by atoms with Gasteiger partial charge in [0.15, 0.2) is 16.3 Å². The zero-order valence-corrected chi connectivity index (χ0v) is 25.7. The molecule has 7 nitrogen and oxygen atoms in total. The van der Waals surface area contributed by atoms with Crippen molar-refractivity contribution in [3.63, 3.8) is 0 Å². The average Bonchev–Trinajstić information content (AvgIpc) is 3.30. The van der Waals surface area contributed by atoms with Gasteiger partial charge in [-0.05, 0) is 69.4 Å². The summed E-state index contributed by atoms with van der Waals surface area (Å²) in [6.07, 6.45) is 2.30. The third-order valence-electron chi connectivity index (χ3n) is 6.61. The Morgan fingerprint density at radius 2 is 1.85 bits per heavy atom. The first-order valence-corrected chi connectivity index (χ1v) is 14.8. The molecule has 0 bridgehead atoms. The van der Waals surface area contributed by atoms with Gasteiger partial charge >= 0.3 is 5.97 Å². The van der Waals surface area contributed by atoms with E-state index in [0.29, 0.717) is 54.6 Å². The predicted octanol–water partition coefficient (Wildman–Crippen LogP) is 5.80. The summed E-state index contributed by atoms with van der Waals surface area (Å²) < 4.78 is 19.5. The first-order valence-electron chi connectivity index (χ1n) is 12.8. The number of nitrogens with zero attached hydrogens (tertiary/aromatic N) is 2. The molecule has 0 spiro atoms. The molecule has 0 amide bonds. The predicted molar refractivity (Wildman–Crippen MR) is 163 cm³/mol. The topological polar surface area (TPSA) is 79.1 Å². The Bertz CT molecular complexity index is 1810. The Hall–Kier alpha value is -3.66. The number of hydrogen-bond acceptors (Lipinski definition) is 7. The fourth-order valence-corrected chi connectivity index (χ4v) is 6.39. The molecule has 2 heterocycles. The number of thiazole rings is 1. The molecule has 0 radical (unpaired) electrons. The van der Waals surface area contributed by atoms with Gasteiger partial charge in [0.05, 0.1) is 40.5 Å². The van der Waals surface area contributed by atoms with Gasteiger partial charge in [-0.3, -0.25) is 9.36 Å². The highest BCUT2D eigenvalue weighted by Crippen LogP contribution is 2.37. The van der Waals surface area contributed by atoms with Crippen LogP contribution in [-0.2, 0) is 16.1 Å². The van der Waals surface area contributed by atoms with Crippen LogP contribution in [0, 0.1) is 0 Å². The Morgan fingerprint density at radius 3 is 2.51 bits per heavy atom. The number of esters is 1. The Morgan fingerprint density at radius 1 is 1.12 bits per heavy atom. The minimum atomic E-state index is -0.651. The molecular formula is C31H26BrClN2O5S. The number of carbonyl (C=O) groups is 1. The van der Waals surface area contributed by atoms with Crippen LogP contribution in [0.15, 0.2) is 92.3 Å². The van der Waals surface area contributed by atoms with Crippen LogP contribution in [0.25, 0.3) is 6.08 Å². The van der Waals surface area contributed by atoms with Crippen molar-refractivity contribution in [2.75, 3.05) is 14.2 Å². The Labute approximate surface area is 254 Å². The van der Waals surface area contributed by atoms with Gasteiger partial charge in [-0.25, -0.2) is 9.79 Å². The molecule has 1 aromatic heterocycles. The van der Waals surface area contributed by atoms with Crippen LogP contribution in [0.4, 0.5) is 0 Å². The van der Waals surface area contributed by atoms with Gasteiger partial charge in [0.25, 0.3) is 5.56 Å². The number of carbonyl (C=O) groups excluding carboxylic acids is 1. The van der Waals surface area contributed by atoms with Crippen LogP contribution in [-0.4, -0.2) is 24.8 Å². The number of halogens is 2. The second-order valence-corrected chi connectivity index (χ2v) is 11.4. The minimum Gasteiger partial charge on any atom is -0.493 e. The van der Waals surface area contributed by atoms with Crippen LogP contribution >= 0.6 is 38.9 Å². The number of aromatic nitrogens is 1. The average molecular weight is 654 g/mol. The van der Waals surface area contributed by atoms with E-state index in [9.17, 15) is 9.59 Å². The van der Waals surface area contributed by atoms with Crippen molar-refractivity contribution in [2.45, 2.75) is 26.0 Å². The summed E-state index contributed by atoms with van der Waals surface area (Å²) >= 11 is 10.9. The highest BCUT2D eigenvalue weighted by atomic mass is 79.9. The summed E-state index contributed by atoms with van der Waals surface area (Å²) in [5.41, 5.74) is 3.21. The van der Waals surface area contributed by atoms with E-state index < -0.39 is 12.0 Å². The van der Waals surface area contributed by atoms with Crippen molar-refractivity contribution in [3.8, 4) is 11.5 Å². The largest absolute Gasteiger partial charge is 0.493 e. The highest BCUT2D eigenvalue weighted by molar-refractivity contribution is 9.10. The van der Waals surface area contributed by atoms with Crippen molar-refractivity contribution in [1.82, 2.24) is 4.57 Å². The van der Waals surface area contributed by atoms with E-state index in [0.717, 1.165) is 16.7 Å². The zero-order chi connectivity index (χ0) is 29.1. The van der Waals surface area contributed by atoms with E-state index in [-0.39, 0.29) is 5.56 Å². The number of allylic oxidation sites excluding steroid dienone is 1. The third-order valence-corrected chi connectivity index (χ3v) is 8.44. The number of rotatable bonds is 8. The maximum atomic E-state index is 13.9. The summed E-state index contributed by atoms with van der Waals surface area (Å²) in [5, 5.41) is 0.657. The van der Waals surface area contributed by atoms with Crippen LogP contribution in [0.1, 0.15) is 36.1 Å². The molecule has 1 aliphatic rings. The summed E-state index contributed by atoms with van der Waals surface area (Å²) in [6, 6.07) is 19.9. The lowest BCUT2D eigenvalue weighted by Gasteiger charge is -2.25. The van der Waals surface area contributed by atoms with Gasteiger partial charge in [0.1, 0.15) is 6.61 Å². The van der Waals surface area contributed by atoms with Crippen molar-refractivity contribution >= 4 is 50.9 Å². The number of ether oxygens (including phenoxy) is 3. The first-order chi connectivity index (χ1) is 19.8. The van der Waals surface area contributed by atoms with Gasteiger partial charge in [-0.2, -0.15) is 0 Å². The van der Waals surface area contributed by atoms with Crippen molar-refractivity contribution in [2.24, 2.45) is 4.99 Å². The van der Waals surface area contributed by atoms with Crippen LogP contribution in [0.2, 0.25) is 5.02 Å². The maximum Gasteiger partial charge on any atom is 0.338 e. The molecule has 0 saturated carbocycles. The molecule has 0 aliphatic carbocycles. The maximum absolute atomic E-state index is 13.9. The Kier molecular flexibility index (Phi) is 8.77. The van der Waals surface area contributed by atoms with Crippen LogP contribution < -0.4 is 24.4 Å². The van der Waals surface area contributed by atoms with E-state index in [1.54, 1.807) is 17.8 Å². The van der Waals surface area contributed by atoms with Gasteiger partial charge in [0, 0.05) is 5.02 Å². The molecule has 0 saturated heterocycles. The summed E-state index contributed by atoms with van der Waals surface area (Å²) in [5.74, 6) is 0.549. The lowest BCUT2D eigenvalue weighted by molar-refractivity contribution is -0.136. The molecule has 3 aromatic carbocycles. The number of hydrogen-bond donors (Lipinski definition) is 0. The van der Waals surface area contributed by atoms with Gasteiger partial charge in [0.2, 0.25) is 0 Å². The number of methoxy groups -OCH3 is 2. The first kappa shape index (κ1) is 28.9. The molecule has 5 rings (SSSR count). The molecular weight excluding hydrogens is 628 g/mol. The SMILES string of the molecule is CCC1=C(C(=O)OC)[C@H](c2ccccc2)n2c(s/c(=C\c3cc(Br)c(OCc4ccc(Cl)cc4)c(OC)c3)c2=O)=N1. The fraction of sp³-hybridized carbons (Fsp3) is 0.194. The molecule has 4 aromatic rings. The van der Waals surface area contributed by atoms with E-state index in [2.05, 4.69) is 15.9 Å².